The van der Waals surface area contributed by atoms with Crippen LogP contribution in [0.3, 0.4) is 0 Å². The van der Waals surface area contributed by atoms with Crippen molar-refractivity contribution in [3.8, 4) is 0 Å². The van der Waals surface area contributed by atoms with E-state index < -0.39 is 23.7 Å². The number of hydrogen-bond acceptors (Lipinski definition) is 7. The summed E-state index contributed by atoms with van der Waals surface area (Å²) in [5, 5.41) is 10.3. The lowest BCUT2D eigenvalue weighted by Gasteiger charge is -2.59. The van der Waals surface area contributed by atoms with Crippen LogP contribution in [0.5, 0.6) is 0 Å². The minimum Gasteiger partial charge on any atom is -0.465 e. The number of carbonyl (C=O) groups excluding carboxylic acids is 3. The van der Waals surface area contributed by atoms with Gasteiger partial charge in [0.15, 0.2) is 0 Å². The Kier molecular flexibility index (Phi) is 6.01. The monoisotopic (exact) mass is 455 g/mol. The zero-order valence-corrected chi connectivity index (χ0v) is 19.2. The quantitative estimate of drug-likeness (QED) is 0.530. The van der Waals surface area contributed by atoms with Crippen LogP contribution in [0.15, 0.2) is 24.3 Å². The molecule has 1 N–H and O–H groups in total. The molecule has 5 rings (SSSR count). The minimum atomic E-state index is -0.726. The van der Waals surface area contributed by atoms with Gasteiger partial charge in [-0.25, -0.2) is 4.79 Å². The molecule has 2 amide bonds. The number of benzene rings is 1. The molecule has 0 bridgehead atoms. The molecule has 178 valence electrons. The number of hydrogen-bond donors (Lipinski definition) is 1. The van der Waals surface area contributed by atoms with Crippen LogP contribution in [-0.2, 0) is 20.9 Å². The summed E-state index contributed by atoms with van der Waals surface area (Å²) in [6.07, 6.45) is 6.21. The Labute approximate surface area is 194 Å². The van der Waals surface area contributed by atoms with E-state index in [-0.39, 0.29) is 18.4 Å². The number of fused-ring (bicyclic) bond motifs is 2. The molecule has 3 heterocycles. The molecular formula is C25H33N3O5. The van der Waals surface area contributed by atoms with Gasteiger partial charge in [-0.15, -0.1) is 0 Å². The lowest BCUT2D eigenvalue weighted by Crippen LogP contribution is -2.81. The van der Waals surface area contributed by atoms with Crippen LogP contribution in [0.1, 0.15) is 54.4 Å². The number of β-amino-alcohol motifs (C(OH)–C–C–N with tert-alkyl or cyclic N) is 1. The lowest BCUT2D eigenvalue weighted by atomic mass is 9.80. The van der Waals surface area contributed by atoms with Gasteiger partial charge >= 0.3 is 5.97 Å². The Balaban J connectivity index is 1.33. The molecule has 0 unspecified atom stereocenters. The van der Waals surface area contributed by atoms with Crippen LogP contribution < -0.4 is 0 Å². The summed E-state index contributed by atoms with van der Waals surface area (Å²) in [6.45, 7) is 2.80. The summed E-state index contributed by atoms with van der Waals surface area (Å²) >= 11 is 0. The zero-order valence-electron chi connectivity index (χ0n) is 19.2. The molecule has 33 heavy (non-hydrogen) atoms. The predicted octanol–water partition coefficient (Wildman–Crippen LogP) is 1.41. The topological polar surface area (TPSA) is 90.4 Å². The van der Waals surface area contributed by atoms with Crippen LogP contribution in [0.25, 0.3) is 0 Å². The summed E-state index contributed by atoms with van der Waals surface area (Å²) in [6, 6.07) is 6.36. The van der Waals surface area contributed by atoms with Gasteiger partial charge in [-0.3, -0.25) is 24.3 Å². The SMILES string of the molecule is COC(=O)c1ccc(CN2C(=O)[C@@H]3C[C@@H](O)CN3C3(CN(CC4CCCCC4)C3)C2=O)cc1. The largest absolute Gasteiger partial charge is 0.465 e. The van der Waals surface area contributed by atoms with Crippen molar-refractivity contribution < 1.29 is 24.2 Å². The van der Waals surface area contributed by atoms with Gasteiger partial charge in [0.2, 0.25) is 5.91 Å². The van der Waals surface area contributed by atoms with Gasteiger partial charge in [0.25, 0.3) is 5.91 Å². The highest BCUT2D eigenvalue weighted by Crippen LogP contribution is 2.41. The fourth-order valence-corrected chi connectivity index (χ4v) is 6.25. The lowest BCUT2D eigenvalue weighted by molar-refractivity contribution is -0.181. The summed E-state index contributed by atoms with van der Waals surface area (Å²) in [5.41, 5.74) is 0.484. The normalized spacial score (nSPS) is 28.1. The Morgan fingerprint density at radius 3 is 2.48 bits per heavy atom. The van der Waals surface area contributed by atoms with Crippen molar-refractivity contribution in [2.24, 2.45) is 5.92 Å². The number of imide groups is 1. The first-order chi connectivity index (χ1) is 15.9. The van der Waals surface area contributed by atoms with Crippen LogP contribution in [0.2, 0.25) is 0 Å². The van der Waals surface area contributed by atoms with Crippen molar-refractivity contribution in [1.82, 2.24) is 14.7 Å². The van der Waals surface area contributed by atoms with E-state index in [1.807, 2.05) is 4.90 Å². The number of methoxy groups -OCH3 is 1. The van der Waals surface area contributed by atoms with Crippen LogP contribution in [0, 0.1) is 5.92 Å². The maximum absolute atomic E-state index is 13.7. The van der Waals surface area contributed by atoms with E-state index in [1.165, 1.54) is 44.1 Å². The maximum Gasteiger partial charge on any atom is 0.337 e. The Morgan fingerprint density at radius 2 is 1.82 bits per heavy atom. The molecule has 0 radical (unpaired) electrons. The number of rotatable bonds is 5. The summed E-state index contributed by atoms with van der Waals surface area (Å²) < 4.78 is 4.74. The molecule has 8 nitrogen and oxygen atoms in total. The molecule has 3 aliphatic heterocycles. The Bertz CT molecular complexity index is 920. The summed E-state index contributed by atoms with van der Waals surface area (Å²) in [4.78, 5) is 44.4. The fraction of sp³-hybridized carbons (Fsp3) is 0.640. The number of aliphatic hydroxyl groups excluding tert-OH is 1. The molecule has 0 aromatic heterocycles. The standard InChI is InChI=1S/C25H33N3O5/c1-33-23(31)19-9-7-18(8-10-19)13-27-22(30)21-11-20(29)14-28(21)25(24(27)32)15-26(16-25)12-17-5-3-2-4-6-17/h7-10,17,20-21,29H,2-6,11-16H2,1H3/t20-,21+/m1/s1. The average molecular weight is 456 g/mol. The first-order valence-corrected chi connectivity index (χ1v) is 12.1. The zero-order chi connectivity index (χ0) is 23.2. The number of carbonyl (C=O) groups is 3. The molecule has 1 saturated carbocycles. The molecular weight excluding hydrogens is 422 g/mol. The van der Waals surface area contributed by atoms with Crippen molar-refractivity contribution in [3.63, 3.8) is 0 Å². The molecule has 3 saturated heterocycles. The van der Waals surface area contributed by atoms with Crippen molar-refractivity contribution in [1.29, 1.82) is 0 Å². The van der Waals surface area contributed by atoms with E-state index in [9.17, 15) is 19.5 Å². The molecule has 4 fully saturated rings. The van der Waals surface area contributed by atoms with E-state index >= 15 is 0 Å². The van der Waals surface area contributed by atoms with Gasteiger partial charge in [0, 0.05) is 26.2 Å². The van der Waals surface area contributed by atoms with Crippen molar-refractivity contribution in [2.75, 3.05) is 33.3 Å². The molecule has 8 heteroatoms. The third kappa shape index (κ3) is 3.98. The number of piperazine rings is 1. The van der Waals surface area contributed by atoms with Crippen molar-refractivity contribution in [2.45, 2.75) is 62.8 Å². The highest BCUT2D eigenvalue weighted by Gasteiger charge is 2.64. The number of ether oxygens (including phenoxy) is 1. The minimum absolute atomic E-state index is 0.158. The van der Waals surface area contributed by atoms with Crippen LogP contribution in [-0.4, -0.2) is 88.6 Å². The van der Waals surface area contributed by atoms with Crippen LogP contribution >= 0.6 is 0 Å². The number of aliphatic hydroxyl groups is 1. The van der Waals surface area contributed by atoms with E-state index in [4.69, 9.17) is 4.74 Å². The molecule has 4 aliphatic rings. The number of amides is 2. The van der Waals surface area contributed by atoms with Gasteiger partial charge < -0.3 is 9.84 Å². The van der Waals surface area contributed by atoms with Crippen LogP contribution in [0.4, 0.5) is 0 Å². The van der Waals surface area contributed by atoms with Gasteiger partial charge in [-0.05, 0) is 42.9 Å². The predicted molar refractivity (Wildman–Crippen MR) is 120 cm³/mol. The highest BCUT2D eigenvalue weighted by atomic mass is 16.5. The molecule has 1 aromatic carbocycles. The number of esters is 1. The third-order valence-electron chi connectivity index (χ3n) is 7.95. The second-order valence-electron chi connectivity index (χ2n) is 10.2. The Hall–Kier alpha value is -2.29. The fourth-order valence-electron chi connectivity index (χ4n) is 6.25. The maximum atomic E-state index is 13.7. The highest BCUT2D eigenvalue weighted by molar-refractivity contribution is 6.06. The first-order valence-electron chi connectivity index (χ1n) is 12.1. The van der Waals surface area contributed by atoms with Gasteiger partial charge in [0.1, 0.15) is 5.54 Å². The average Bonchev–Trinajstić information content (AvgIpc) is 3.20. The van der Waals surface area contributed by atoms with E-state index in [2.05, 4.69) is 4.90 Å². The van der Waals surface area contributed by atoms with Gasteiger partial charge in [-0.1, -0.05) is 31.4 Å². The molecule has 1 aromatic rings. The third-order valence-corrected chi connectivity index (χ3v) is 7.95. The van der Waals surface area contributed by atoms with E-state index in [0.717, 1.165) is 12.1 Å². The second kappa shape index (κ2) is 8.81. The molecule has 1 spiro atoms. The number of likely N-dealkylation sites (tertiary alicyclic amines) is 1. The summed E-state index contributed by atoms with van der Waals surface area (Å²) in [7, 11) is 1.33. The molecule has 1 aliphatic carbocycles. The first kappa shape index (κ1) is 22.5. The van der Waals surface area contributed by atoms with Crippen molar-refractivity contribution >= 4 is 17.8 Å². The summed E-state index contributed by atoms with van der Waals surface area (Å²) in [5.74, 6) is -0.116. The molecule has 2 atom stereocenters. The van der Waals surface area contributed by atoms with Crippen molar-refractivity contribution in [3.05, 3.63) is 35.4 Å². The number of nitrogens with zero attached hydrogens (tertiary/aromatic N) is 3. The van der Waals surface area contributed by atoms with E-state index in [0.29, 0.717) is 37.5 Å². The second-order valence-corrected chi connectivity index (χ2v) is 10.2. The Morgan fingerprint density at radius 1 is 1.12 bits per heavy atom. The van der Waals surface area contributed by atoms with Gasteiger partial charge in [-0.2, -0.15) is 0 Å². The van der Waals surface area contributed by atoms with Gasteiger partial charge in [0.05, 0.1) is 31.4 Å². The van der Waals surface area contributed by atoms with E-state index in [1.54, 1.807) is 24.3 Å². The smallest absolute Gasteiger partial charge is 0.337 e.